The van der Waals surface area contributed by atoms with E-state index in [0.717, 1.165) is 0 Å². The van der Waals surface area contributed by atoms with Gasteiger partial charge >= 0.3 is 6.09 Å². The van der Waals surface area contributed by atoms with Crippen molar-refractivity contribution < 1.29 is 27.4 Å². The number of nitrogens with zero attached hydrogens (tertiary/aromatic N) is 4. The molecule has 13 heteroatoms. The zero-order valence-electron chi connectivity index (χ0n) is 18.0. The normalized spacial score (nSPS) is 20.5. The van der Waals surface area contributed by atoms with Crippen molar-refractivity contribution in [1.82, 2.24) is 30.1 Å². The molecule has 33 heavy (non-hydrogen) atoms. The lowest BCUT2D eigenvalue weighted by atomic mass is 10.0. The van der Waals surface area contributed by atoms with Gasteiger partial charge in [0.1, 0.15) is 17.8 Å². The molecule has 10 nitrogen and oxygen atoms in total. The number of hydrogen-bond acceptors (Lipinski definition) is 7. The van der Waals surface area contributed by atoms with Crippen molar-refractivity contribution in [3.8, 4) is 5.88 Å². The van der Waals surface area contributed by atoms with Crippen LogP contribution in [-0.4, -0.2) is 62.2 Å². The number of fused-ring (bicyclic) bond motifs is 1. The standard InChI is InChI=1S/C20H24F3N7O3/c1-10(2)25-20(31)33-15-6-11(5-12(15)21)13-7-17(28-27-13)26-19-14-8-18(32-9-16(22)23)29-30(14)4-3-24-19/h3-4,7-8,10-12,15-16H,5-6,9H2,1-2H3,(H,25,31)(H2,24,26,27,28)/t11-,12+,15-/m0/s1. The van der Waals surface area contributed by atoms with Crippen LogP contribution in [0, 0.1) is 0 Å². The van der Waals surface area contributed by atoms with Gasteiger partial charge < -0.3 is 20.1 Å². The zero-order chi connectivity index (χ0) is 23.5. The molecule has 1 fully saturated rings. The van der Waals surface area contributed by atoms with Crippen LogP contribution in [-0.2, 0) is 4.74 Å². The lowest BCUT2D eigenvalue weighted by Gasteiger charge is -2.16. The Kier molecular flexibility index (Phi) is 6.56. The van der Waals surface area contributed by atoms with E-state index in [1.54, 1.807) is 26.1 Å². The molecule has 0 bridgehead atoms. The Morgan fingerprint density at radius 1 is 1.33 bits per heavy atom. The summed E-state index contributed by atoms with van der Waals surface area (Å²) in [6.07, 6.45) is -1.78. The quantitative estimate of drug-likeness (QED) is 0.464. The molecule has 1 saturated carbocycles. The predicted octanol–water partition coefficient (Wildman–Crippen LogP) is 3.56. The van der Waals surface area contributed by atoms with E-state index in [1.165, 1.54) is 16.8 Å². The first-order chi connectivity index (χ1) is 15.8. The minimum absolute atomic E-state index is 0.0431. The van der Waals surface area contributed by atoms with Crippen LogP contribution < -0.4 is 15.4 Å². The number of aromatic amines is 1. The molecule has 3 atom stereocenters. The summed E-state index contributed by atoms with van der Waals surface area (Å²) in [7, 11) is 0. The maximum absolute atomic E-state index is 14.4. The van der Waals surface area contributed by atoms with Crippen LogP contribution in [0.25, 0.3) is 5.52 Å². The second-order valence-electron chi connectivity index (χ2n) is 8.05. The van der Waals surface area contributed by atoms with E-state index in [4.69, 9.17) is 9.47 Å². The molecular weight excluding hydrogens is 443 g/mol. The lowest BCUT2D eigenvalue weighted by Crippen LogP contribution is -2.35. The van der Waals surface area contributed by atoms with Gasteiger partial charge in [0.05, 0.1) is 0 Å². The molecule has 178 valence electrons. The number of anilines is 2. The molecular formula is C20H24F3N7O3. The van der Waals surface area contributed by atoms with Gasteiger partial charge in [-0.1, -0.05) is 0 Å². The molecule has 3 aromatic heterocycles. The summed E-state index contributed by atoms with van der Waals surface area (Å²) in [6, 6.07) is 3.11. The number of alkyl carbamates (subject to hydrolysis) is 1. The second kappa shape index (κ2) is 9.55. The molecule has 3 heterocycles. The maximum atomic E-state index is 14.4. The Morgan fingerprint density at radius 2 is 2.15 bits per heavy atom. The Morgan fingerprint density at radius 3 is 2.91 bits per heavy atom. The van der Waals surface area contributed by atoms with Crippen LogP contribution in [0.1, 0.15) is 38.3 Å². The molecule has 0 aromatic carbocycles. The van der Waals surface area contributed by atoms with Crippen LogP contribution in [0.4, 0.5) is 29.6 Å². The first-order valence-corrected chi connectivity index (χ1v) is 10.5. The first-order valence-electron chi connectivity index (χ1n) is 10.5. The number of H-pyrrole nitrogens is 1. The number of aromatic nitrogens is 5. The highest BCUT2D eigenvalue weighted by Crippen LogP contribution is 2.38. The summed E-state index contributed by atoms with van der Waals surface area (Å²) in [5, 5.41) is 16.8. The fourth-order valence-electron chi connectivity index (χ4n) is 3.68. The number of amides is 1. The molecule has 3 N–H and O–H groups in total. The highest BCUT2D eigenvalue weighted by atomic mass is 19.3. The van der Waals surface area contributed by atoms with Crippen molar-refractivity contribution in [2.45, 2.75) is 57.3 Å². The number of hydrogen-bond donors (Lipinski definition) is 3. The largest absolute Gasteiger partial charge is 0.471 e. The van der Waals surface area contributed by atoms with Gasteiger partial charge in [0.2, 0.25) is 5.88 Å². The summed E-state index contributed by atoms with van der Waals surface area (Å²) in [5.41, 5.74) is 1.19. The molecule has 1 aliphatic rings. The molecule has 1 aliphatic carbocycles. The van der Waals surface area contributed by atoms with Gasteiger partial charge in [-0.05, 0) is 26.7 Å². The SMILES string of the molecule is CC(C)NC(=O)O[C@H]1C[C@@H](c2cc(Nc3nccn4nc(OCC(F)F)cc34)n[nH]2)C[C@H]1F. The van der Waals surface area contributed by atoms with Gasteiger partial charge in [0.15, 0.2) is 18.2 Å². The highest BCUT2D eigenvalue weighted by molar-refractivity contribution is 5.72. The molecule has 3 aromatic rings. The topological polar surface area (TPSA) is 118 Å². The minimum atomic E-state index is -2.61. The van der Waals surface area contributed by atoms with Gasteiger partial charge in [-0.15, -0.1) is 5.10 Å². The van der Waals surface area contributed by atoms with Gasteiger partial charge in [-0.2, -0.15) is 5.10 Å². The summed E-state index contributed by atoms with van der Waals surface area (Å²) >= 11 is 0. The number of carbonyl (C=O) groups is 1. The van der Waals surface area contributed by atoms with Crippen molar-refractivity contribution in [2.75, 3.05) is 11.9 Å². The van der Waals surface area contributed by atoms with Crippen molar-refractivity contribution >= 4 is 23.2 Å². The van der Waals surface area contributed by atoms with E-state index in [-0.39, 0.29) is 24.3 Å². The fourth-order valence-corrected chi connectivity index (χ4v) is 3.68. The van der Waals surface area contributed by atoms with Crippen molar-refractivity contribution in [3.05, 3.63) is 30.2 Å². The lowest BCUT2D eigenvalue weighted by molar-refractivity contribution is 0.0593. The number of nitrogens with one attached hydrogen (secondary N) is 3. The van der Waals surface area contributed by atoms with Crippen LogP contribution in [0.2, 0.25) is 0 Å². The zero-order valence-corrected chi connectivity index (χ0v) is 18.0. The molecule has 4 rings (SSSR count). The first kappa shape index (κ1) is 22.7. The van der Waals surface area contributed by atoms with Crippen LogP contribution in [0.5, 0.6) is 5.88 Å². The van der Waals surface area contributed by atoms with Gasteiger partial charge in [-0.25, -0.2) is 27.5 Å². The average molecular weight is 467 g/mol. The van der Waals surface area contributed by atoms with Gasteiger partial charge in [0.25, 0.3) is 6.43 Å². The van der Waals surface area contributed by atoms with E-state index in [9.17, 15) is 18.0 Å². The smallest absolute Gasteiger partial charge is 0.407 e. The van der Waals surface area contributed by atoms with Crippen molar-refractivity contribution in [3.63, 3.8) is 0 Å². The van der Waals surface area contributed by atoms with E-state index in [0.29, 0.717) is 29.3 Å². The molecule has 0 radical (unpaired) electrons. The highest BCUT2D eigenvalue weighted by Gasteiger charge is 2.38. The number of rotatable bonds is 8. The minimum Gasteiger partial charge on any atom is -0.471 e. The number of ether oxygens (including phenoxy) is 2. The number of carbonyl (C=O) groups excluding carboxylic acids is 1. The summed E-state index contributed by atoms with van der Waals surface area (Å²) in [5.74, 6) is 0.657. The Hall–Kier alpha value is -3.51. The summed E-state index contributed by atoms with van der Waals surface area (Å²) in [4.78, 5) is 16.0. The Bertz CT molecular complexity index is 1100. The third-order valence-corrected chi connectivity index (χ3v) is 5.10. The van der Waals surface area contributed by atoms with E-state index in [1.807, 2.05) is 0 Å². The summed E-state index contributed by atoms with van der Waals surface area (Å²) < 4.78 is 50.8. The third-order valence-electron chi connectivity index (χ3n) is 5.10. The predicted molar refractivity (Wildman–Crippen MR) is 112 cm³/mol. The molecule has 1 amide bonds. The maximum Gasteiger partial charge on any atom is 0.407 e. The van der Waals surface area contributed by atoms with Crippen molar-refractivity contribution in [1.29, 1.82) is 0 Å². The van der Waals surface area contributed by atoms with E-state index >= 15 is 0 Å². The second-order valence-corrected chi connectivity index (χ2v) is 8.05. The molecule has 0 unspecified atom stereocenters. The monoisotopic (exact) mass is 467 g/mol. The van der Waals surface area contributed by atoms with Crippen molar-refractivity contribution in [2.24, 2.45) is 0 Å². The number of alkyl halides is 3. The molecule has 0 aliphatic heterocycles. The molecule has 0 saturated heterocycles. The van der Waals surface area contributed by atoms with Gasteiger partial charge in [0, 0.05) is 42.2 Å². The number of halogens is 3. The summed E-state index contributed by atoms with van der Waals surface area (Å²) in [6.45, 7) is 2.83. The average Bonchev–Trinajstić information content (AvgIpc) is 3.45. The van der Waals surface area contributed by atoms with Crippen LogP contribution in [0.15, 0.2) is 24.5 Å². The van der Waals surface area contributed by atoms with Crippen LogP contribution >= 0.6 is 0 Å². The van der Waals surface area contributed by atoms with Gasteiger partial charge in [-0.3, -0.25) is 5.10 Å². The molecule has 0 spiro atoms. The Labute approximate surface area is 186 Å². The van der Waals surface area contributed by atoms with E-state index in [2.05, 4.69) is 30.9 Å². The third kappa shape index (κ3) is 5.46. The van der Waals surface area contributed by atoms with E-state index < -0.39 is 31.4 Å². The Balaban J connectivity index is 1.42. The van der Waals surface area contributed by atoms with Crippen LogP contribution in [0.3, 0.4) is 0 Å². The fraction of sp³-hybridized carbons (Fsp3) is 0.500.